The molecule has 1 aliphatic rings. The molecule has 2 aromatic carbocycles. The van der Waals surface area contributed by atoms with Gasteiger partial charge in [-0.15, -0.1) is 0 Å². The molecule has 3 rings (SSSR count). The van der Waals surface area contributed by atoms with Crippen LogP contribution in [0.3, 0.4) is 0 Å². The van der Waals surface area contributed by atoms with Crippen LogP contribution in [0.15, 0.2) is 48.5 Å². The summed E-state index contributed by atoms with van der Waals surface area (Å²) in [6, 6.07) is 16.0. The van der Waals surface area contributed by atoms with E-state index in [1.54, 1.807) is 7.11 Å². The minimum absolute atomic E-state index is 0.0885. The Bertz CT molecular complexity index is 759. The van der Waals surface area contributed by atoms with E-state index in [-0.39, 0.29) is 5.91 Å². The Kier molecular flexibility index (Phi) is 7.71. The average Bonchev–Trinajstić information content (AvgIpc) is 2.70. The zero-order valence-corrected chi connectivity index (χ0v) is 17.1. The molecular formula is C22H28ClN3O2. The molecule has 150 valence electrons. The van der Waals surface area contributed by atoms with Crippen molar-refractivity contribution in [3.63, 3.8) is 0 Å². The summed E-state index contributed by atoms with van der Waals surface area (Å²) in [5.41, 5.74) is 2.42. The van der Waals surface area contributed by atoms with Gasteiger partial charge in [0.15, 0.2) is 0 Å². The normalized spacial score (nSPS) is 15.4. The van der Waals surface area contributed by atoms with Crippen molar-refractivity contribution in [1.29, 1.82) is 0 Å². The molecule has 1 amide bonds. The van der Waals surface area contributed by atoms with Crippen LogP contribution in [0.2, 0.25) is 5.02 Å². The fourth-order valence-electron chi connectivity index (χ4n) is 3.39. The number of hydrogen-bond donors (Lipinski definition) is 1. The molecule has 5 nitrogen and oxygen atoms in total. The van der Waals surface area contributed by atoms with E-state index in [0.29, 0.717) is 13.1 Å². The van der Waals surface area contributed by atoms with E-state index >= 15 is 0 Å². The second-order valence-electron chi connectivity index (χ2n) is 7.13. The van der Waals surface area contributed by atoms with Gasteiger partial charge in [0.05, 0.1) is 13.7 Å². The van der Waals surface area contributed by atoms with Crippen molar-refractivity contribution in [1.82, 2.24) is 15.1 Å². The number of halogens is 1. The number of rotatable bonds is 8. The van der Waals surface area contributed by atoms with Gasteiger partial charge in [0, 0.05) is 44.3 Å². The van der Waals surface area contributed by atoms with Crippen molar-refractivity contribution >= 4 is 17.5 Å². The van der Waals surface area contributed by atoms with Crippen LogP contribution in [-0.2, 0) is 17.8 Å². The highest BCUT2D eigenvalue weighted by Crippen LogP contribution is 2.14. The van der Waals surface area contributed by atoms with Crippen molar-refractivity contribution in [2.75, 3.05) is 46.4 Å². The molecule has 0 saturated carbocycles. The summed E-state index contributed by atoms with van der Waals surface area (Å²) in [5, 5.41) is 3.74. The van der Waals surface area contributed by atoms with E-state index in [4.69, 9.17) is 16.3 Å². The fourth-order valence-corrected chi connectivity index (χ4v) is 3.61. The molecule has 1 saturated heterocycles. The van der Waals surface area contributed by atoms with Gasteiger partial charge < -0.3 is 10.1 Å². The second kappa shape index (κ2) is 10.5. The zero-order chi connectivity index (χ0) is 19.8. The largest absolute Gasteiger partial charge is 0.497 e. The quantitative estimate of drug-likeness (QED) is 0.738. The summed E-state index contributed by atoms with van der Waals surface area (Å²) in [6.07, 6.45) is 0.794. The number of methoxy groups -OCH3 is 1. The van der Waals surface area contributed by atoms with Gasteiger partial charge in [-0.25, -0.2) is 0 Å². The topological polar surface area (TPSA) is 44.8 Å². The third kappa shape index (κ3) is 6.51. The van der Waals surface area contributed by atoms with Gasteiger partial charge in [0.25, 0.3) is 0 Å². The van der Waals surface area contributed by atoms with E-state index in [1.807, 2.05) is 36.4 Å². The first-order chi connectivity index (χ1) is 13.6. The first kappa shape index (κ1) is 20.6. The molecule has 0 aromatic heterocycles. The van der Waals surface area contributed by atoms with Crippen LogP contribution in [-0.4, -0.2) is 62.1 Å². The number of piperazine rings is 1. The Hall–Kier alpha value is -2.08. The average molecular weight is 402 g/mol. The number of amides is 1. The minimum Gasteiger partial charge on any atom is -0.497 e. The first-order valence-corrected chi connectivity index (χ1v) is 10.1. The smallest absolute Gasteiger partial charge is 0.234 e. The molecule has 2 aromatic rings. The van der Waals surface area contributed by atoms with Gasteiger partial charge in [-0.2, -0.15) is 0 Å². The SMILES string of the molecule is COc1ccc(CN2CCN(CC(=O)NCCc3cccc(Cl)c3)CC2)cc1. The number of carbonyl (C=O) groups is 1. The number of hydrogen-bond acceptors (Lipinski definition) is 4. The predicted octanol–water partition coefficient (Wildman–Crippen LogP) is 2.83. The Labute approximate surface area is 172 Å². The number of ether oxygens (including phenoxy) is 1. The summed E-state index contributed by atoms with van der Waals surface area (Å²) in [4.78, 5) is 16.8. The summed E-state index contributed by atoms with van der Waals surface area (Å²) in [6.45, 7) is 5.81. The van der Waals surface area contributed by atoms with Gasteiger partial charge in [-0.3, -0.25) is 14.6 Å². The Morgan fingerprint density at radius 1 is 1.04 bits per heavy atom. The molecule has 28 heavy (non-hydrogen) atoms. The Morgan fingerprint density at radius 2 is 1.75 bits per heavy atom. The van der Waals surface area contributed by atoms with Crippen LogP contribution in [0.4, 0.5) is 0 Å². The lowest BCUT2D eigenvalue weighted by atomic mass is 10.1. The Balaban J connectivity index is 1.33. The number of nitrogens with zero attached hydrogens (tertiary/aromatic N) is 2. The summed E-state index contributed by atoms with van der Waals surface area (Å²) >= 11 is 5.99. The van der Waals surface area contributed by atoms with E-state index in [0.717, 1.165) is 55.5 Å². The van der Waals surface area contributed by atoms with E-state index in [9.17, 15) is 4.79 Å². The summed E-state index contributed by atoms with van der Waals surface area (Å²) < 4.78 is 5.20. The van der Waals surface area contributed by atoms with Crippen LogP contribution in [0.25, 0.3) is 0 Å². The summed E-state index contributed by atoms with van der Waals surface area (Å²) in [5.74, 6) is 0.973. The van der Waals surface area contributed by atoms with Crippen LogP contribution in [0, 0.1) is 0 Å². The zero-order valence-electron chi connectivity index (χ0n) is 16.4. The third-order valence-corrected chi connectivity index (χ3v) is 5.26. The maximum Gasteiger partial charge on any atom is 0.234 e. The molecule has 0 radical (unpaired) electrons. The Morgan fingerprint density at radius 3 is 2.43 bits per heavy atom. The molecule has 1 N–H and O–H groups in total. The van der Waals surface area contributed by atoms with Crippen molar-refractivity contribution in [2.45, 2.75) is 13.0 Å². The van der Waals surface area contributed by atoms with Crippen LogP contribution < -0.4 is 10.1 Å². The predicted molar refractivity (Wildman–Crippen MR) is 113 cm³/mol. The van der Waals surface area contributed by atoms with Crippen molar-refractivity contribution < 1.29 is 9.53 Å². The first-order valence-electron chi connectivity index (χ1n) is 9.71. The van der Waals surface area contributed by atoms with E-state index in [1.165, 1.54) is 5.56 Å². The maximum atomic E-state index is 12.2. The molecule has 0 unspecified atom stereocenters. The third-order valence-electron chi connectivity index (χ3n) is 5.02. The number of nitrogens with one attached hydrogen (secondary N) is 1. The molecule has 0 spiro atoms. The molecule has 1 heterocycles. The molecule has 0 bridgehead atoms. The van der Waals surface area contributed by atoms with Crippen LogP contribution in [0.5, 0.6) is 5.75 Å². The highest BCUT2D eigenvalue weighted by molar-refractivity contribution is 6.30. The van der Waals surface area contributed by atoms with Crippen molar-refractivity contribution in [3.8, 4) is 5.75 Å². The minimum atomic E-state index is 0.0885. The molecule has 6 heteroatoms. The second-order valence-corrected chi connectivity index (χ2v) is 7.57. The standard InChI is InChI=1S/C22H28ClN3O2/c1-28-21-7-5-19(6-8-21)16-25-11-13-26(14-12-25)17-22(27)24-10-9-18-3-2-4-20(23)15-18/h2-8,15H,9-14,16-17H2,1H3,(H,24,27). The maximum absolute atomic E-state index is 12.2. The number of carbonyl (C=O) groups excluding carboxylic acids is 1. The van der Waals surface area contributed by atoms with Crippen LogP contribution >= 0.6 is 11.6 Å². The molecule has 1 aliphatic heterocycles. The molecule has 0 atom stereocenters. The molecular weight excluding hydrogens is 374 g/mol. The van der Waals surface area contributed by atoms with Crippen LogP contribution in [0.1, 0.15) is 11.1 Å². The monoisotopic (exact) mass is 401 g/mol. The van der Waals surface area contributed by atoms with Crippen molar-refractivity contribution in [2.24, 2.45) is 0 Å². The lowest BCUT2D eigenvalue weighted by molar-refractivity contribution is -0.122. The number of benzene rings is 2. The highest BCUT2D eigenvalue weighted by Gasteiger charge is 2.18. The lowest BCUT2D eigenvalue weighted by Gasteiger charge is -2.34. The van der Waals surface area contributed by atoms with Gasteiger partial charge in [-0.1, -0.05) is 35.9 Å². The highest BCUT2D eigenvalue weighted by atomic mass is 35.5. The van der Waals surface area contributed by atoms with E-state index in [2.05, 4.69) is 27.2 Å². The van der Waals surface area contributed by atoms with Gasteiger partial charge in [0.2, 0.25) is 5.91 Å². The summed E-state index contributed by atoms with van der Waals surface area (Å²) in [7, 11) is 1.68. The van der Waals surface area contributed by atoms with Gasteiger partial charge in [-0.05, 0) is 41.8 Å². The van der Waals surface area contributed by atoms with Crippen molar-refractivity contribution in [3.05, 3.63) is 64.7 Å². The fraction of sp³-hybridized carbons (Fsp3) is 0.409. The molecule has 1 fully saturated rings. The molecule has 0 aliphatic carbocycles. The van der Waals surface area contributed by atoms with E-state index < -0.39 is 0 Å². The lowest BCUT2D eigenvalue weighted by Crippen LogP contribution is -2.49. The van der Waals surface area contributed by atoms with Gasteiger partial charge in [0.1, 0.15) is 5.75 Å². The van der Waals surface area contributed by atoms with Gasteiger partial charge >= 0.3 is 0 Å².